The SMILES string of the molecule is CC(C)(C)CNC(=O)NC1CCN(C2CCCC2)CC1. The van der Waals surface area contributed by atoms with E-state index in [1.54, 1.807) is 0 Å². The molecule has 1 saturated heterocycles. The minimum Gasteiger partial charge on any atom is -0.338 e. The second-order valence-electron chi connectivity index (χ2n) is 7.64. The molecule has 4 nitrogen and oxygen atoms in total. The van der Waals surface area contributed by atoms with Crippen LogP contribution < -0.4 is 10.6 Å². The summed E-state index contributed by atoms with van der Waals surface area (Å²) in [6.45, 7) is 9.41. The van der Waals surface area contributed by atoms with Crippen LogP contribution in [0.15, 0.2) is 0 Å². The molecule has 0 bridgehead atoms. The van der Waals surface area contributed by atoms with E-state index in [4.69, 9.17) is 0 Å². The standard InChI is InChI=1S/C16H31N3O/c1-16(2,3)12-17-15(20)18-13-8-10-19(11-9-13)14-6-4-5-7-14/h13-14H,4-12H2,1-3H3,(H2,17,18,20). The van der Waals surface area contributed by atoms with Crippen molar-refractivity contribution in [1.29, 1.82) is 0 Å². The number of urea groups is 1. The van der Waals surface area contributed by atoms with Gasteiger partial charge >= 0.3 is 6.03 Å². The van der Waals surface area contributed by atoms with Crippen molar-refractivity contribution < 1.29 is 4.79 Å². The lowest BCUT2D eigenvalue weighted by atomic mass is 9.97. The van der Waals surface area contributed by atoms with E-state index >= 15 is 0 Å². The molecule has 0 aromatic carbocycles. The minimum atomic E-state index is -0.000702. The third kappa shape index (κ3) is 4.97. The van der Waals surface area contributed by atoms with Gasteiger partial charge in [-0.1, -0.05) is 33.6 Å². The summed E-state index contributed by atoms with van der Waals surface area (Å²) in [4.78, 5) is 14.5. The lowest BCUT2D eigenvalue weighted by Crippen LogP contribution is -2.50. The molecule has 1 heterocycles. The summed E-state index contributed by atoms with van der Waals surface area (Å²) >= 11 is 0. The third-order valence-electron chi connectivity index (χ3n) is 4.49. The topological polar surface area (TPSA) is 44.4 Å². The fraction of sp³-hybridized carbons (Fsp3) is 0.938. The van der Waals surface area contributed by atoms with Crippen LogP contribution in [0.5, 0.6) is 0 Å². The Morgan fingerprint density at radius 3 is 2.25 bits per heavy atom. The fourth-order valence-corrected chi connectivity index (χ4v) is 3.26. The van der Waals surface area contributed by atoms with Crippen LogP contribution in [0.4, 0.5) is 4.79 Å². The summed E-state index contributed by atoms with van der Waals surface area (Å²) in [5.74, 6) is 0. The number of nitrogens with zero attached hydrogens (tertiary/aromatic N) is 1. The molecule has 4 heteroatoms. The Bertz CT molecular complexity index is 310. The van der Waals surface area contributed by atoms with Crippen LogP contribution in [0.3, 0.4) is 0 Å². The number of amides is 2. The van der Waals surface area contributed by atoms with Crippen LogP contribution in [0.25, 0.3) is 0 Å². The number of carbonyl (C=O) groups is 1. The van der Waals surface area contributed by atoms with Crippen LogP contribution >= 0.6 is 0 Å². The Hall–Kier alpha value is -0.770. The molecule has 2 rings (SSSR count). The van der Waals surface area contributed by atoms with Gasteiger partial charge in [0.2, 0.25) is 0 Å². The predicted molar refractivity (Wildman–Crippen MR) is 82.8 cm³/mol. The van der Waals surface area contributed by atoms with E-state index < -0.39 is 0 Å². The van der Waals surface area contributed by atoms with Gasteiger partial charge in [0.05, 0.1) is 0 Å². The maximum atomic E-state index is 11.9. The van der Waals surface area contributed by atoms with E-state index in [9.17, 15) is 4.79 Å². The Morgan fingerprint density at radius 1 is 1.10 bits per heavy atom. The number of carbonyl (C=O) groups excluding carboxylic acids is 1. The predicted octanol–water partition coefficient (Wildman–Crippen LogP) is 2.74. The van der Waals surface area contributed by atoms with E-state index in [-0.39, 0.29) is 11.4 Å². The summed E-state index contributed by atoms with van der Waals surface area (Å²) in [6.07, 6.45) is 7.75. The first-order chi connectivity index (χ1) is 9.44. The van der Waals surface area contributed by atoms with Gasteiger partial charge in [-0.2, -0.15) is 0 Å². The Labute approximate surface area is 123 Å². The number of likely N-dealkylation sites (tertiary alicyclic amines) is 1. The van der Waals surface area contributed by atoms with Crippen molar-refractivity contribution in [2.75, 3.05) is 19.6 Å². The third-order valence-corrected chi connectivity index (χ3v) is 4.49. The van der Waals surface area contributed by atoms with E-state index in [2.05, 4.69) is 36.3 Å². The molecule has 1 aliphatic heterocycles. The maximum absolute atomic E-state index is 11.9. The van der Waals surface area contributed by atoms with Crippen molar-refractivity contribution in [3.63, 3.8) is 0 Å². The number of rotatable bonds is 3. The van der Waals surface area contributed by atoms with Gasteiger partial charge in [0.1, 0.15) is 0 Å². The maximum Gasteiger partial charge on any atom is 0.315 e. The zero-order valence-electron chi connectivity index (χ0n) is 13.4. The monoisotopic (exact) mass is 281 g/mol. The van der Waals surface area contributed by atoms with Crippen molar-refractivity contribution in [3.05, 3.63) is 0 Å². The van der Waals surface area contributed by atoms with E-state index in [1.165, 1.54) is 25.7 Å². The zero-order valence-corrected chi connectivity index (χ0v) is 13.4. The van der Waals surface area contributed by atoms with Crippen LogP contribution in [0.1, 0.15) is 59.3 Å². The molecule has 0 radical (unpaired) electrons. The zero-order chi connectivity index (χ0) is 14.6. The summed E-state index contributed by atoms with van der Waals surface area (Å²) in [7, 11) is 0. The van der Waals surface area contributed by atoms with Crippen molar-refractivity contribution >= 4 is 6.03 Å². The highest BCUT2D eigenvalue weighted by Crippen LogP contribution is 2.26. The van der Waals surface area contributed by atoms with E-state index in [0.29, 0.717) is 6.04 Å². The van der Waals surface area contributed by atoms with Gasteiger partial charge in [0, 0.05) is 31.7 Å². The smallest absolute Gasteiger partial charge is 0.315 e. The molecule has 2 amide bonds. The summed E-state index contributed by atoms with van der Waals surface area (Å²) in [5, 5.41) is 6.10. The van der Waals surface area contributed by atoms with Gasteiger partial charge in [0.15, 0.2) is 0 Å². The lowest BCUT2D eigenvalue weighted by molar-refractivity contribution is 0.145. The molecule has 2 N–H and O–H groups in total. The Morgan fingerprint density at radius 2 is 1.70 bits per heavy atom. The molecule has 1 saturated carbocycles. The second-order valence-corrected chi connectivity index (χ2v) is 7.64. The summed E-state index contributed by atoms with van der Waals surface area (Å²) in [6, 6.07) is 1.18. The number of nitrogens with one attached hydrogen (secondary N) is 2. The number of hydrogen-bond acceptors (Lipinski definition) is 2. The first-order valence-corrected chi connectivity index (χ1v) is 8.22. The van der Waals surface area contributed by atoms with Crippen molar-refractivity contribution in [2.24, 2.45) is 5.41 Å². The molecule has 20 heavy (non-hydrogen) atoms. The fourth-order valence-electron chi connectivity index (χ4n) is 3.26. The van der Waals surface area contributed by atoms with Gasteiger partial charge in [-0.15, -0.1) is 0 Å². The van der Waals surface area contributed by atoms with Gasteiger partial charge in [-0.25, -0.2) is 4.79 Å². The second kappa shape index (κ2) is 6.79. The van der Waals surface area contributed by atoms with Crippen molar-refractivity contribution in [3.8, 4) is 0 Å². The molecule has 0 aromatic rings. The Kier molecular flexibility index (Phi) is 5.30. The molecule has 0 aromatic heterocycles. The summed E-state index contributed by atoms with van der Waals surface area (Å²) < 4.78 is 0. The van der Waals surface area contributed by atoms with Gasteiger partial charge < -0.3 is 15.5 Å². The molecule has 0 spiro atoms. The minimum absolute atomic E-state index is 0.000702. The quantitative estimate of drug-likeness (QED) is 0.835. The molecule has 2 aliphatic rings. The first kappa shape index (κ1) is 15.6. The molecule has 0 unspecified atom stereocenters. The number of hydrogen-bond donors (Lipinski definition) is 2. The average molecular weight is 281 g/mol. The van der Waals surface area contributed by atoms with Gasteiger partial charge in [-0.3, -0.25) is 0 Å². The molecular weight excluding hydrogens is 250 g/mol. The molecule has 116 valence electrons. The molecule has 0 atom stereocenters. The van der Waals surface area contributed by atoms with Gasteiger partial charge in [-0.05, 0) is 31.1 Å². The van der Waals surface area contributed by atoms with Crippen LogP contribution in [-0.2, 0) is 0 Å². The molecule has 1 aliphatic carbocycles. The highest BCUT2D eigenvalue weighted by atomic mass is 16.2. The van der Waals surface area contributed by atoms with Gasteiger partial charge in [0.25, 0.3) is 0 Å². The highest BCUT2D eigenvalue weighted by Gasteiger charge is 2.27. The van der Waals surface area contributed by atoms with E-state index in [0.717, 1.165) is 38.5 Å². The van der Waals surface area contributed by atoms with Crippen molar-refractivity contribution in [1.82, 2.24) is 15.5 Å². The lowest BCUT2D eigenvalue weighted by Gasteiger charge is -2.36. The molecular formula is C16H31N3O. The normalized spacial score (nSPS) is 22.9. The van der Waals surface area contributed by atoms with Crippen LogP contribution in [-0.4, -0.2) is 42.6 Å². The van der Waals surface area contributed by atoms with Crippen molar-refractivity contribution in [2.45, 2.75) is 71.4 Å². The largest absolute Gasteiger partial charge is 0.338 e. The average Bonchev–Trinajstić information content (AvgIpc) is 2.90. The highest BCUT2D eigenvalue weighted by molar-refractivity contribution is 5.74. The van der Waals surface area contributed by atoms with E-state index in [1.807, 2.05) is 0 Å². The summed E-state index contributed by atoms with van der Waals surface area (Å²) in [5.41, 5.74) is 0.142. The first-order valence-electron chi connectivity index (χ1n) is 8.22. The molecule has 2 fully saturated rings. The van der Waals surface area contributed by atoms with Crippen LogP contribution in [0.2, 0.25) is 0 Å². The Balaban J connectivity index is 1.65. The number of piperidine rings is 1. The van der Waals surface area contributed by atoms with Crippen LogP contribution in [0, 0.1) is 5.41 Å².